The van der Waals surface area contributed by atoms with Crippen molar-refractivity contribution in [2.45, 2.75) is 13.5 Å². The summed E-state index contributed by atoms with van der Waals surface area (Å²) in [5, 5.41) is 6.69. The SMILES string of the molecule is COc1ccc(NC(=O)C(C)C(=O)NN=Cc2ccccc2OCc2ccc(Br)cc2)cc1. The van der Waals surface area contributed by atoms with Gasteiger partial charge in [-0.15, -0.1) is 0 Å². The molecule has 3 rings (SSSR count). The molecular weight excluding hydrogens is 486 g/mol. The van der Waals surface area contributed by atoms with Crippen LogP contribution in [-0.2, 0) is 16.2 Å². The first-order chi connectivity index (χ1) is 16.0. The molecule has 0 aliphatic carbocycles. The summed E-state index contributed by atoms with van der Waals surface area (Å²) >= 11 is 3.41. The number of benzene rings is 3. The Balaban J connectivity index is 1.54. The fourth-order valence-corrected chi connectivity index (χ4v) is 3.03. The van der Waals surface area contributed by atoms with E-state index in [-0.39, 0.29) is 0 Å². The Morgan fingerprint density at radius 1 is 1.00 bits per heavy atom. The third-order valence-electron chi connectivity index (χ3n) is 4.75. The molecule has 1 atom stereocenters. The number of rotatable bonds is 9. The van der Waals surface area contributed by atoms with Gasteiger partial charge < -0.3 is 14.8 Å². The number of carbonyl (C=O) groups is 2. The smallest absolute Gasteiger partial charge is 0.252 e. The molecule has 0 aromatic heterocycles. The van der Waals surface area contributed by atoms with Gasteiger partial charge in [0.1, 0.15) is 24.0 Å². The van der Waals surface area contributed by atoms with Gasteiger partial charge in [0, 0.05) is 15.7 Å². The largest absolute Gasteiger partial charge is 0.497 e. The Labute approximate surface area is 200 Å². The average molecular weight is 510 g/mol. The second-order valence-corrected chi connectivity index (χ2v) is 8.04. The Morgan fingerprint density at radius 3 is 2.39 bits per heavy atom. The van der Waals surface area contributed by atoms with Gasteiger partial charge in [0.25, 0.3) is 5.91 Å². The summed E-state index contributed by atoms with van der Waals surface area (Å²) in [5.41, 5.74) is 4.70. The van der Waals surface area contributed by atoms with Gasteiger partial charge in [0.15, 0.2) is 0 Å². The third kappa shape index (κ3) is 7.18. The molecule has 0 spiro atoms. The first kappa shape index (κ1) is 24.0. The lowest BCUT2D eigenvalue weighted by Gasteiger charge is -2.11. The molecule has 170 valence electrons. The van der Waals surface area contributed by atoms with Gasteiger partial charge in [0.2, 0.25) is 5.91 Å². The molecule has 1 unspecified atom stereocenters. The van der Waals surface area contributed by atoms with E-state index < -0.39 is 17.7 Å². The van der Waals surface area contributed by atoms with E-state index >= 15 is 0 Å². The number of nitrogens with one attached hydrogen (secondary N) is 2. The minimum Gasteiger partial charge on any atom is -0.497 e. The molecule has 0 radical (unpaired) electrons. The second-order valence-electron chi connectivity index (χ2n) is 7.13. The summed E-state index contributed by atoms with van der Waals surface area (Å²) in [6.45, 7) is 1.91. The number of nitrogens with zero attached hydrogens (tertiary/aromatic N) is 1. The van der Waals surface area contributed by atoms with Crippen molar-refractivity contribution in [3.63, 3.8) is 0 Å². The van der Waals surface area contributed by atoms with E-state index in [2.05, 4.69) is 31.8 Å². The molecule has 2 amide bonds. The third-order valence-corrected chi connectivity index (χ3v) is 5.28. The number of amides is 2. The van der Waals surface area contributed by atoms with Crippen LogP contribution in [0, 0.1) is 5.92 Å². The molecule has 2 N–H and O–H groups in total. The maximum Gasteiger partial charge on any atom is 0.252 e. The Bertz CT molecular complexity index is 1120. The fraction of sp³-hybridized carbons (Fsp3) is 0.160. The van der Waals surface area contributed by atoms with Crippen molar-refractivity contribution in [3.8, 4) is 11.5 Å². The van der Waals surface area contributed by atoms with E-state index in [1.807, 2.05) is 48.5 Å². The number of hydrogen-bond acceptors (Lipinski definition) is 5. The van der Waals surface area contributed by atoms with Crippen LogP contribution in [0.1, 0.15) is 18.1 Å². The Kier molecular flexibility index (Phi) is 8.60. The lowest BCUT2D eigenvalue weighted by Crippen LogP contribution is -2.34. The second kappa shape index (κ2) is 11.8. The maximum absolute atomic E-state index is 12.4. The number of para-hydroxylation sites is 1. The summed E-state index contributed by atoms with van der Waals surface area (Å²) in [7, 11) is 1.56. The van der Waals surface area contributed by atoms with Crippen molar-refractivity contribution in [3.05, 3.63) is 88.4 Å². The molecule has 3 aromatic rings. The molecule has 3 aromatic carbocycles. The van der Waals surface area contributed by atoms with Crippen LogP contribution in [0.25, 0.3) is 0 Å². The van der Waals surface area contributed by atoms with Crippen molar-refractivity contribution in [1.82, 2.24) is 5.43 Å². The van der Waals surface area contributed by atoms with Gasteiger partial charge >= 0.3 is 0 Å². The van der Waals surface area contributed by atoms with Crippen LogP contribution in [0.5, 0.6) is 11.5 Å². The maximum atomic E-state index is 12.4. The number of carbonyl (C=O) groups excluding carboxylic acids is 2. The van der Waals surface area contributed by atoms with Gasteiger partial charge in [-0.3, -0.25) is 9.59 Å². The molecule has 0 bridgehead atoms. The van der Waals surface area contributed by atoms with Gasteiger partial charge in [-0.05, 0) is 61.0 Å². The van der Waals surface area contributed by atoms with Crippen molar-refractivity contribution in [1.29, 1.82) is 0 Å². The van der Waals surface area contributed by atoms with E-state index in [1.54, 1.807) is 31.4 Å². The highest BCUT2D eigenvalue weighted by atomic mass is 79.9. The molecule has 7 nitrogen and oxygen atoms in total. The summed E-state index contributed by atoms with van der Waals surface area (Å²) < 4.78 is 12.0. The standard InChI is InChI=1S/C25H24BrN3O4/c1-17(24(30)28-21-11-13-22(32-2)14-12-21)25(31)29-27-15-19-5-3-4-6-23(19)33-16-18-7-9-20(26)10-8-18/h3-15,17H,16H2,1-2H3,(H,28,30)(H,29,31). The Hall–Kier alpha value is -3.65. The van der Waals surface area contributed by atoms with E-state index in [1.165, 1.54) is 13.1 Å². The number of hydrazone groups is 1. The summed E-state index contributed by atoms with van der Waals surface area (Å²) in [5.74, 6) is -0.595. The fourth-order valence-electron chi connectivity index (χ4n) is 2.77. The van der Waals surface area contributed by atoms with Gasteiger partial charge in [-0.1, -0.05) is 40.2 Å². The van der Waals surface area contributed by atoms with E-state index in [4.69, 9.17) is 9.47 Å². The molecule has 33 heavy (non-hydrogen) atoms. The molecule has 0 fully saturated rings. The summed E-state index contributed by atoms with van der Waals surface area (Å²) in [6, 6.07) is 22.1. The van der Waals surface area contributed by atoms with Crippen molar-refractivity contribution in [2.75, 3.05) is 12.4 Å². The van der Waals surface area contributed by atoms with Crippen LogP contribution in [0.15, 0.2) is 82.4 Å². The topological polar surface area (TPSA) is 89.0 Å². The van der Waals surface area contributed by atoms with Crippen LogP contribution < -0.4 is 20.2 Å². The number of halogens is 1. The van der Waals surface area contributed by atoms with E-state index in [9.17, 15) is 9.59 Å². The number of anilines is 1. The minimum absolute atomic E-state index is 0.396. The first-order valence-corrected chi connectivity index (χ1v) is 11.0. The summed E-state index contributed by atoms with van der Waals surface area (Å²) in [4.78, 5) is 24.7. The van der Waals surface area contributed by atoms with Gasteiger partial charge in [-0.25, -0.2) is 5.43 Å². The average Bonchev–Trinajstić information content (AvgIpc) is 2.84. The highest BCUT2D eigenvalue weighted by Crippen LogP contribution is 2.19. The number of hydrogen-bond donors (Lipinski definition) is 2. The Morgan fingerprint density at radius 2 is 1.70 bits per heavy atom. The van der Waals surface area contributed by atoms with Crippen LogP contribution in [0.4, 0.5) is 5.69 Å². The van der Waals surface area contributed by atoms with E-state index in [0.29, 0.717) is 29.4 Å². The van der Waals surface area contributed by atoms with Crippen LogP contribution in [0.3, 0.4) is 0 Å². The molecule has 0 saturated heterocycles. The predicted octanol–water partition coefficient (Wildman–Crippen LogP) is 4.76. The van der Waals surface area contributed by atoms with Crippen LogP contribution in [0.2, 0.25) is 0 Å². The summed E-state index contributed by atoms with van der Waals surface area (Å²) in [6.07, 6.45) is 1.49. The molecule has 0 heterocycles. The predicted molar refractivity (Wildman–Crippen MR) is 131 cm³/mol. The number of methoxy groups -OCH3 is 1. The van der Waals surface area contributed by atoms with Crippen molar-refractivity contribution >= 4 is 39.6 Å². The zero-order chi connectivity index (χ0) is 23.6. The van der Waals surface area contributed by atoms with Crippen molar-refractivity contribution in [2.24, 2.45) is 11.0 Å². The lowest BCUT2D eigenvalue weighted by molar-refractivity contribution is -0.131. The zero-order valence-electron chi connectivity index (χ0n) is 18.2. The van der Waals surface area contributed by atoms with Gasteiger partial charge in [0.05, 0.1) is 13.3 Å². The van der Waals surface area contributed by atoms with Crippen LogP contribution in [-0.4, -0.2) is 25.1 Å². The molecular formula is C25H24BrN3O4. The molecule has 8 heteroatoms. The lowest BCUT2D eigenvalue weighted by atomic mass is 10.1. The number of ether oxygens (including phenoxy) is 2. The quantitative estimate of drug-likeness (QED) is 0.247. The highest BCUT2D eigenvalue weighted by molar-refractivity contribution is 9.10. The monoisotopic (exact) mass is 509 g/mol. The minimum atomic E-state index is -0.937. The van der Waals surface area contributed by atoms with Crippen molar-refractivity contribution < 1.29 is 19.1 Å². The van der Waals surface area contributed by atoms with Gasteiger partial charge in [-0.2, -0.15) is 5.10 Å². The highest BCUT2D eigenvalue weighted by Gasteiger charge is 2.21. The van der Waals surface area contributed by atoms with Crippen LogP contribution >= 0.6 is 15.9 Å². The normalized spacial score (nSPS) is 11.6. The zero-order valence-corrected chi connectivity index (χ0v) is 19.8. The van der Waals surface area contributed by atoms with E-state index in [0.717, 1.165) is 10.0 Å². The first-order valence-electron chi connectivity index (χ1n) is 10.2. The molecule has 0 aliphatic heterocycles. The molecule has 0 saturated carbocycles. The molecule has 0 aliphatic rings.